The molecule has 2 heteroatoms. The number of rotatable bonds is 2. The van der Waals surface area contributed by atoms with E-state index in [-0.39, 0.29) is 11.5 Å². The molecule has 0 aromatic rings. The van der Waals surface area contributed by atoms with Gasteiger partial charge >= 0.3 is 0 Å². The number of hydrogen-bond donors (Lipinski definition) is 1. The van der Waals surface area contributed by atoms with E-state index in [9.17, 15) is 9.90 Å². The SMILES string of the molecule is CC[C@]12CC[C@H](O)C=C1CC[C@@H]1[C@@H]2CC[C@]2(C)[C@@H](C(C)=O)CC[C@@H]12. The second-order valence-electron chi connectivity index (χ2n) is 9.51. The summed E-state index contributed by atoms with van der Waals surface area (Å²) in [7, 11) is 0. The van der Waals surface area contributed by atoms with E-state index in [0.717, 1.165) is 30.6 Å². The highest BCUT2D eigenvalue weighted by Crippen LogP contribution is 2.67. The summed E-state index contributed by atoms with van der Waals surface area (Å²) in [6.45, 7) is 6.62. The molecular formula is C22H34O2. The number of aliphatic hydroxyl groups excluding tert-OH is 1. The fraction of sp³-hybridized carbons (Fsp3) is 0.864. The molecule has 1 N–H and O–H groups in total. The van der Waals surface area contributed by atoms with Crippen LogP contribution in [0.1, 0.15) is 78.6 Å². The van der Waals surface area contributed by atoms with Crippen LogP contribution in [0.4, 0.5) is 0 Å². The van der Waals surface area contributed by atoms with E-state index >= 15 is 0 Å². The van der Waals surface area contributed by atoms with Gasteiger partial charge in [0, 0.05) is 5.92 Å². The van der Waals surface area contributed by atoms with Crippen molar-refractivity contribution in [3.05, 3.63) is 11.6 Å². The van der Waals surface area contributed by atoms with Gasteiger partial charge in [-0.25, -0.2) is 0 Å². The van der Waals surface area contributed by atoms with Crippen molar-refractivity contribution in [2.75, 3.05) is 0 Å². The molecule has 0 aliphatic heterocycles. The first-order chi connectivity index (χ1) is 11.4. The Bertz CT molecular complexity index is 564. The predicted octanol–water partition coefficient (Wildman–Crippen LogP) is 4.91. The molecule has 3 saturated carbocycles. The van der Waals surface area contributed by atoms with Crippen molar-refractivity contribution in [1.29, 1.82) is 0 Å². The Kier molecular flexibility index (Phi) is 3.99. The van der Waals surface area contributed by atoms with Gasteiger partial charge in [0.25, 0.3) is 0 Å². The molecule has 0 heterocycles. The van der Waals surface area contributed by atoms with E-state index in [1.807, 2.05) is 6.92 Å². The van der Waals surface area contributed by atoms with Crippen LogP contribution in [-0.4, -0.2) is 17.0 Å². The molecule has 7 atom stereocenters. The molecule has 0 spiro atoms. The number of carbonyl (C=O) groups excluding carboxylic acids is 1. The number of ketones is 1. The van der Waals surface area contributed by atoms with Gasteiger partial charge in [-0.3, -0.25) is 4.79 Å². The fourth-order valence-electron chi connectivity index (χ4n) is 7.84. The third-order valence-corrected chi connectivity index (χ3v) is 8.93. The zero-order chi connectivity index (χ0) is 17.1. The number of aliphatic hydroxyl groups is 1. The number of hydrogen-bond acceptors (Lipinski definition) is 2. The smallest absolute Gasteiger partial charge is 0.133 e. The zero-order valence-corrected chi connectivity index (χ0v) is 15.7. The Hall–Kier alpha value is -0.630. The first-order valence-electron chi connectivity index (χ1n) is 10.3. The Morgan fingerprint density at radius 1 is 1.17 bits per heavy atom. The summed E-state index contributed by atoms with van der Waals surface area (Å²) in [5.74, 6) is 3.09. The summed E-state index contributed by atoms with van der Waals surface area (Å²) in [6.07, 6.45) is 12.7. The molecule has 0 bridgehead atoms. The third kappa shape index (κ3) is 2.14. The van der Waals surface area contributed by atoms with Gasteiger partial charge < -0.3 is 5.11 Å². The molecule has 3 fully saturated rings. The minimum atomic E-state index is -0.210. The van der Waals surface area contributed by atoms with Crippen LogP contribution in [0.3, 0.4) is 0 Å². The zero-order valence-electron chi connectivity index (χ0n) is 15.7. The molecule has 24 heavy (non-hydrogen) atoms. The lowest BCUT2D eigenvalue weighted by molar-refractivity contribution is -0.128. The summed E-state index contributed by atoms with van der Waals surface area (Å²) < 4.78 is 0. The molecule has 0 saturated heterocycles. The lowest BCUT2D eigenvalue weighted by Crippen LogP contribution is -2.52. The van der Waals surface area contributed by atoms with Gasteiger partial charge in [-0.1, -0.05) is 25.5 Å². The molecule has 4 rings (SSSR count). The van der Waals surface area contributed by atoms with Crippen molar-refractivity contribution in [2.45, 2.75) is 84.7 Å². The van der Waals surface area contributed by atoms with Gasteiger partial charge in [-0.05, 0) is 93.3 Å². The molecule has 0 aromatic carbocycles. The molecule has 0 unspecified atom stereocenters. The topological polar surface area (TPSA) is 37.3 Å². The van der Waals surface area contributed by atoms with Crippen LogP contribution in [0.5, 0.6) is 0 Å². The van der Waals surface area contributed by atoms with Gasteiger partial charge in [0.05, 0.1) is 6.10 Å². The first-order valence-corrected chi connectivity index (χ1v) is 10.3. The highest BCUT2D eigenvalue weighted by molar-refractivity contribution is 5.79. The van der Waals surface area contributed by atoms with Crippen molar-refractivity contribution < 1.29 is 9.90 Å². The van der Waals surface area contributed by atoms with Gasteiger partial charge in [-0.2, -0.15) is 0 Å². The van der Waals surface area contributed by atoms with Gasteiger partial charge in [-0.15, -0.1) is 0 Å². The maximum Gasteiger partial charge on any atom is 0.133 e. The van der Waals surface area contributed by atoms with Crippen LogP contribution in [0.2, 0.25) is 0 Å². The van der Waals surface area contributed by atoms with Crippen LogP contribution in [0.25, 0.3) is 0 Å². The van der Waals surface area contributed by atoms with Gasteiger partial charge in [0.1, 0.15) is 5.78 Å². The normalized spacial score (nSPS) is 50.5. The van der Waals surface area contributed by atoms with Crippen molar-refractivity contribution in [3.8, 4) is 0 Å². The average Bonchev–Trinajstić information content (AvgIpc) is 2.91. The van der Waals surface area contributed by atoms with E-state index < -0.39 is 0 Å². The monoisotopic (exact) mass is 330 g/mol. The lowest BCUT2D eigenvalue weighted by Gasteiger charge is -2.59. The Morgan fingerprint density at radius 2 is 1.96 bits per heavy atom. The summed E-state index contributed by atoms with van der Waals surface area (Å²) in [5, 5.41) is 10.1. The average molecular weight is 331 g/mol. The number of carbonyl (C=O) groups is 1. The molecule has 134 valence electrons. The molecule has 4 aliphatic rings. The van der Waals surface area contributed by atoms with E-state index in [0.29, 0.717) is 17.1 Å². The van der Waals surface area contributed by atoms with Crippen molar-refractivity contribution in [3.63, 3.8) is 0 Å². The summed E-state index contributed by atoms with van der Waals surface area (Å²) >= 11 is 0. The van der Waals surface area contributed by atoms with Crippen molar-refractivity contribution in [1.82, 2.24) is 0 Å². The Morgan fingerprint density at radius 3 is 2.67 bits per heavy atom. The Balaban J connectivity index is 1.68. The van der Waals surface area contributed by atoms with E-state index in [1.54, 1.807) is 5.57 Å². The standard InChI is InChI=1S/C22H34O2/c1-4-22-12-9-16(24)13-15(22)5-6-17-19-8-7-18(14(2)23)21(19,3)11-10-20(17)22/h13,16-20,24H,4-12H2,1-3H3/t16-,17-,18+,19-,20-,21+,22-/m0/s1. The van der Waals surface area contributed by atoms with Crippen molar-refractivity contribution >= 4 is 5.78 Å². The highest BCUT2D eigenvalue weighted by Gasteiger charge is 2.60. The first kappa shape index (κ1) is 16.8. The number of allylic oxidation sites excluding steroid dienone is 1. The molecule has 4 aliphatic carbocycles. The number of fused-ring (bicyclic) bond motifs is 5. The predicted molar refractivity (Wildman–Crippen MR) is 96.5 cm³/mol. The summed E-state index contributed by atoms with van der Waals surface area (Å²) in [6, 6.07) is 0. The molecule has 0 radical (unpaired) electrons. The maximum atomic E-state index is 12.2. The van der Waals surface area contributed by atoms with Crippen LogP contribution in [0.15, 0.2) is 11.6 Å². The third-order valence-electron chi connectivity index (χ3n) is 8.93. The maximum absolute atomic E-state index is 12.2. The van der Waals surface area contributed by atoms with Crippen molar-refractivity contribution in [2.24, 2.45) is 34.5 Å². The summed E-state index contributed by atoms with van der Waals surface area (Å²) in [5.41, 5.74) is 2.20. The molecule has 2 nitrogen and oxygen atoms in total. The van der Waals surface area contributed by atoms with Gasteiger partial charge in [0.15, 0.2) is 0 Å². The minimum Gasteiger partial charge on any atom is -0.389 e. The van der Waals surface area contributed by atoms with E-state index in [2.05, 4.69) is 19.9 Å². The van der Waals surface area contributed by atoms with Crippen LogP contribution in [0, 0.1) is 34.5 Å². The van der Waals surface area contributed by atoms with E-state index in [1.165, 1.54) is 44.9 Å². The second-order valence-corrected chi connectivity index (χ2v) is 9.51. The van der Waals surface area contributed by atoms with E-state index in [4.69, 9.17) is 0 Å². The van der Waals surface area contributed by atoms with Crippen LogP contribution < -0.4 is 0 Å². The minimum absolute atomic E-state index is 0.210. The summed E-state index contributed by atoms with van der Waals surface area (Å²) in [4.78, 5) is 12.2. The number of Topliss-reactive ketones (excluding diaryl/α,β-unsaturated/α-hetero) is 1. The highest BCUT2D eigenvalue weighted by atomic mass is 16.3. The molecular weight excluding hydrogens is 296 g/mol. The quantitative estimate of drug-likeness (QED) is 0.731. The van der Waals surface area contributed by atoms with Crippen LogP contribution >= 0.6 is 0 Å². The van der Waals surface area contributed by atoms with Crippen LogP contribution in [-0.2, 0) is 4.79 Å². The fourth-order valence-corrected chi connectivity index (χ4v) is 7.84. The molecule has 0 aromatic heterocycles. The molecule has 0 amide bonds. The largest absolute Gasteiger partial charge is 0.389 e. The second kappa shape index (κ2) is 5.69. The Labute approximate surface area is 147 Å². The lowest BCUT2D eigenvalue weighted by atomic mass is 9.45. The van der Waals surface area contributed by atoms with Gasteiger partial charge in [0.2, 0.25) is 0 Å².